The van der Waals surface area contributed by atoms with E-state index < -0.39 is 0 Å². The summed E-state index contributed by atoms with van der Waals surface area (Å²) in [7, 11) is 3.69. The van der Waals surface area contributed by atoms with E-state index in [2.05, 4.69) is 27.3 Å². The molecular weight excluding hydrogens is 218 g/mol. The number of hydrogen-bond acceptors (Lipinski definition) is 5. The van der Waals surface area contributed by atoms with Crippen LogP contribution in [0.5, 0.6) is 11.9 Å². The van der Waals surface area contributed by atoms with Gasteiger partial charge in [-0.1, -0.05) is 6.07 Å². The van der Waals surface area contributed by atoms with Crippen LogP contribution in [0.1, 0.15) is 18.5 Å². The van der Waals surface area contributed by atoms with Gasteiger partial charge in [0.1, 0.15) is 6.33 Å². The molecule has 0 aliphatic rings. The molecule has 0 aliphatic carbocycles. The topological polar surface area (TPSA) is 64.9 Å². The Kier molecular flexibility index (Phi) is 3.34. The van der Waals surface area contributed by atoms with Gasteiger partial charge < -0.3 is 10.1 Å². The van der Waals surface area contributed by atoms with Crippen molar-refractivity contribution in [3.63, 3.8) is 0 Å². The van der Waals surface area contributed by atoms with Gasteiger partial charge in [0, 0.05) is 25.4 Å². The molecule has 1 unspecified atom stereocenters. The maximum atomic E-state index is 5.39. The van der Waals surface area contributed by atoms with E-state index in [1.54, 1.807) is 30.3 Å². The van der Waals surface area contributed by atoms with Gasteiger partial charge in [0.15, 0.2) is 0 Å². The molecule has 1 atom stereocenters. The van der Waals surface area contributed by atoms with E-state index in [1.807, 2.05) is 13.1 Å². The predicted molar refractivity (Wildman–Crippen MR) is 62.8 cm³/mol. The second-order valence-corrected chi connectivity index (χ2v) is 3.74. The fraction of sp³-hybridized carbons (Fsp3) is 0.364. The number of aromatic nitrogens is 4. The second kappa shape index (κ2) is 4.92. The number of ether oxygens (including phenoxy) is 1. The van der Waals surface area contributed by atoms with Gasteiger partial charge in [-0.3, -0.25) is 4.68 Å². The molecule has 0 amide bonds. The number of aryl methyl sites for hydroxylation is 1. The van der Waals surface area contributed by atoms with Gasteiger partial charge in [-0.05, 0) is 19.5 Å². The summed E-state index contributed by atoms with van der Waals surface area (Å²) in [4.78, 5) is 8.16. The van der Waals surface area contributed by atoms with E-state index in [4.69, 9.17) is 4.74 Å². The Morgan fingerprint density at radius 1 is 1.35 bits per heavy atom. The van der Waals surface area contributed by atoms with Crippen LogP contribution in [0.2, 0.25) is 0 Å². The summed E-state index contributed by atoms with van der Waals surface area (Å²) in [5.41, 5.74) is 1.11. The van der Waals surface area contributed by atoms with Crippen LogP contribution in [0.3, 0.4) is 0 Å². The van der Waals surface area contributed by atoms with Gasteiger partial charge in [0.25, 0.3) is 0 Å². The summed E-state index contributed by atoms with van der Waals surface area (Å²) in [6.45, 7) is 2.07. The smallest absolute Gasteiger partial charge is 0.342 e. The first-order valence-electron chi connectivity index (χ1n) is 5.35. The minimum absolute atomic E-state index is 0.268. The van der Waals surface area contributed by atoms with Crippen LogP contribution in [-0.2, 0) is 7.05 Å². The van der Waals surface area contributed by atoms with E-state index in [0.29, 0.717) is 11.9 Å². The minimum Gasteiger partial charge on any atom is -0.404 e. The van der Waals surface area contributed by atoms with Crippen molar-refractivity contribution >= 4 is 0 Å². The van der Waals surface area contributed by atoms with Crippen molar-refractivity contribution in [3.05, 3.63) is 30.2 Å². The monoisotopic (exact) mass is 233 g/mol. The van der Waals surface area contributed by atoms with Crippen molar-refractivity contribution in [2.45, 2.75) is 13.0 Å². The molecule has 0 saturated carbocycles. The molecule has 0 radical (unpaired) electrons. The number of hydrogen-bond donors (Lipinski definition) is 1. The van der Waals surface area contributed by atoms with Gasteiger partial charge in [-0.15, -0.1) is 5.10 Å². The Morgan fingerprint density at radius 3 is 2.71 bits per heavy atom. The Bertz CT molecular complexity index is 479. The molecule has 0 aliphatic heterocycles. The molecule has 2 aromatic rings. The Balaban J connectivity index is 2.08. The minimum atomic E-state index is 0.268. The molecule has 0 bridgehead atoms. The lowest BCUT2D eigenvalue weighted by atomic mass is 10.1. The van der Waals surface area contributed by atoms with Crippen molar-refractivity contribution in [1.82, 2.24) is 25.1 Å². The first kappa shape index (κ1) is 11.5. The number of pyridine rings is 1. The molecule has 1 N–H and O–H groups in total. The maximum Gasteiger partial charge on any atom is 0.342 e. The highest BCUT2D eigenvalue weighted by atomic mass is 16.5. The van der Waals surface area contributed by atoms with Crippen molar-refractivity contribution in [2.24, 2.45) is 7.05 Å². The maximum absolute atomic E-state index is 5.39. The first-order chi connectivity index (χ1) is 8.19. The fourth-order valence-electron chi connectivity index (χ4n) is 1.33. The lowest BCUT2D eigenvalue weighted by Gasteiger charge is -2.09. The molecule has 90 valence electrons. The van der Waals surface area contributed by atoms with Crippen molar-refractivity contribution < 1.29 is 4.74 Å². The summed E-state index contributed by atoms with van der Waals surface area (Å²) in [6.07, 6.45) is 3.35. The van der Waals surface area contributed by atoms with Crippen LogP contribution >= 0.6 is 0 Å². The van der Waals surface area contributed by atoms with Crippen LogP contribution in [0.4, 0.5) is 0 Å². The summed E-state index contributed by atoms with van der Waals surface area (Å²) in [5, 5.41) is 7.16. The lowest BCUT2D eigenvalue weighted by molar-refractivity contribution is 0.422. The van der Waals surface area contributed by atoms with Gasteiger partial charge in [0.05, 0.1) is 0 Å². The summed E-state index contributed by atoms with van der Waals surface area (Å²) in [6, 6.07) is 4.34. The van der Waals surface area contributed by atoms with E-state index in [-0.39, 0.29) is 6.04 Å². The highest BCUT2D eigenvalue weighted by molar-refractivity contribution is 5.21. The fourth-order valence-corrected chi connectivity index (χ4v) is 1.33. The third-order valence-electron chi connectivity index (χ3n) is 2.47. The van der Waals surface area contributed by atoms with E-state index in [0.717, 1.165) is 5.56 Å². The number of nitrogens with one attached hydrogen (secondary N) is 1. The average Bonchev–Trinajstić information content (AvgIpc) is 2.75. The largest absolute Gasteiger partial charge is 0.404 e. The van der Waals surface area contributed by atoms with Gasteiger partial charge in [-0.25, -0.2) is 4.98 Å². The highest BCUT2D eigenvalue weighted by Gasteiger charge is 2.05. The molecule has 0 fully saturated rings. The Labute approximate surface area is 99.7 Å². The number of nitrogens with zero attached hydrogens (tertiary/aromatic N) is 4. The molecule has 0 aromatic carbocycles. The van der Waals surface area contributed by atoms with Crippen LogP contribution in [-0.4, -0.2) is 26.8 Å². The number of rotatable bonds is 4. The second-order valence-electron chi connectivity index (χ2n) is 3.74. The Hall–Kier alpha value is -1.95. The van der Waals surface area contributed by atoms with Crippen molar-refractivity contribution in [2.75, 3.05) is 7.05 Å². The van der Waals surface area contributed by atoms with Gasteiger partial charge >= 0.3 is 6.01 Å². The Morgan fingerprint density at radius 2 is 2.18 bits per heavy atom. The predicted octanol–water partition coefficient (Wildman–Crippen LogP) is 1.28. The molecule has 0 spiro atoms. The summed E-state index contributed by atoms with van der Waals surface area (Å²) >= 11 is 0. The third kappa shape index (κ3) is 2.79. The van der Waals surface area contributed by atoms with Crippen LogP contribution < -0.4 is 10.1 Å². The standard InChI is InChI=1S/C11H15N5O/c1-8(12-2)9-4-5-10(13-6-9)17-11-14-7-16(3)15-11/h4-8,12H,1-3H3. The van der Waals surface area contributed by atoms with E-state index in [1.165, 1.54) is 0 Å². The van der Waals surface area contributed by atoms with Crippen molar-refractivity contribution in [1.29, 1.82) is 0 Å². The average molecular weight is 233 g/mol. The van der Waals surface area contributed by atoms with Crippen molar-refractivity contribution in [3.8, 4) is 11.9 Å². The zero-order chi connectivity index (χ0) is 12.3. The van der Waals surface area contributed by atoms with Gasteiger partial charge in [0.2, 0.25) is 5.88 Å². The zero-order valence-electron chi connectivity index (χ0n) is 10.1. The SMILES string of the molecule is CNC(C)c1ccc(Oc2ncn(C)n2)nc1. The molecule has 2 heterocycles. The van der Waals surface area contributed by atoms with Crippen LogP contribution in [0.15, 0.2) is 24.7 Å². The molecule has 2 aromatic heterocycles. The lowest BCUT2D eigenvalue weighted by Crippen LogP contribution is -2.12. The highest BCUT2D eigenvalue weighted by Crippen LogP contribution is 2.17. The van der Waals surface area contributed by atoms with Gasteiger partial charge in [-0.2, -0.15) is 4.98 Å². The molecule has 17 heavy (non-hydrogen) atoms. The molecular formula is C11H15N5O. The molecule has 2 rings (SSSR count). The summed E-state index contributed by atoms with van der Waals surface area (Å²) in [5.74, 6) is 0.489. The van der Waals surface area contributed by atoms with Crippen LogP contribution in [0, 0.1) is 0 Å². The third-order valence-corrected chi connectivity index (χ3v) is 2.47. The summed E-state index contributed by atoms with van der Waals surface area (Å²) < 4.78 is 6.97. The first-order valence-corrected chi connectivity index (χ1v) is 5.35. The van der Waals surface area contributed by atoms with E-state index in [9.17, 15) is 0 Å². The van der Waals surface area contributed by atoms with Crippen LogP contribution in [0.25, 0.3) is 0 Å². The van der Waals surface area contributed by atoms with E-state index >= 15 is 0 Å². The normalized spacial score (nSPS) is 12.4. The molecule has 6 nitrogen and oxygen atoms in total. The molecule has 6 heteroatoms. The zero-order valence-corrected chi connectivity index (χ0v) is 10.1. The molecule has 0 saturated heterocycles. The quantitative estimate of drug-likeness (QED) is 0.861.